The fourth-order valence-electron chi connectivity index (χ4n) is 1.42. The molecule has 0 atom stereocenters. The zero-order chi connectivity index (χ0) is 9.42. The Morgan fingerprint density at radius 3 is 3.00 bits per heavy atom. The third-order valence-electron chi connectivity index (χ3n) is 2.09. The van der Waals surface area contributed by atoms with E-state index in [1.54, 1.807) is 9.66 Å². The summed E-state index contributed by atoms with van der Waals surface area (Å²) in [5.41, 5.74) is 1.75. The van der Waals surface area contributed by atoms with Gasteiger partial charge in [0.05, 0.1) is 11.6 Å². The second-order valence-corrected chi connectivity index (χ2v) is 3.59. The van der Waals surface area contributed by atoms with Gasteiger partial charge >= 0.3 is 5.65 Å². The minimum Gasteiger partial charge on any atom is -0.711 e. The summed E-state index contributed by atoms with van der Waals surface area (Å²) >= 11 is 3.36. The van der Waals surface area contributed by atoms with E-state index in [1.807, 2.05) is 12.1 Å². The van der Waals surface area contributed by atoms with E-state index in [0.717, 1.165) is 22.2 Å². The minimum absolute atomic E-state index is 0.652. The molecule has 68 valence electrons. The summed E-state index contributed by atoms with van der Waals surface area (Å²) in [6.07, 6.45) is 2.40. The van der Waals surface area contributed by atoms with E-state index in [1.165, 1.54) is 6.20 Å². The number of nitrogens with zero attached hydrogens (tertiary/aromatic N) is 2. The standard InChI is InChI=1S/C9H9BrN2O/c1-2-8-6-7-4-3-5-11(13)9(7)12(8)10/h3-6H,2H2,1H3. The van der Waals surface area contributed by atoms with Gasteiger partial charge in [0.2, 0.25) is 0 Å². The summed E-state index contributed by atoms with van der Waals surface area (Å²) in [6.45, 7) is 2.06. The van der Waals surface area contributed by atoms with Crippen molar-refractivity contribution >= 4 is 27.2 Å². The maximum absolute atomic E-state index is 11.4. The Labute approximate surface area is 84.5 Å². The van der Waals surface area contributed by atoms with Gasteiger partial charge in [0.1, 0.15) is 5.69 Å². The van der Waals surface area contributed by atoms with Gasteiger partial charge in [-0.2, -0.15) is 3.59 Å². The third-order valence-corrected chi connectivity index (χ3v) is 2.88. The van der Waals surface area contributed by atoms with Crippen molar-refractivity contribution in [1.29, 1.82) is 0 Å². The molecule has 0 saturated carbocycles. The van der Waals surface area contributed by atoms with Crippen molar-refractivity contribution in [2.45, 2.75) is 13.3 Å². The van der Waals surface area contributed by atoms with Crippen LogP contribution in [-0.4, -0.2) is 3.59 Å². The molecule has 0 spiro atoms. The largest absolute Gasteiger partial charge is 0.711 e. The van der Waals surface area contributed by atoms with Crippen LogP contribution in [0.25, 0.3) is 11.0 Å². The maximum atomic E-state index is 11.4. The van der Waals surface area contributed by atoms with Crippen LogP contribution in [0.15, 0.2) is 24.4 Å². The fraction of sp³-hybridized carbons (Fsp3) is 0.222. The molecule has 3 nitrogen and oxygen atoms in total. The highest BCUT2D eigenvalue weighted by molar-refractivity contribution is 9.08. The average Bonchev–Trinajstić information content (AvgIpc) is 2.44. The van der Waals surface area contributed by atoms with Crippen molar-refractivity contribution in [1.82, 2.24) is 3.59 Å². The van der Waals surface area contributed by atoms with Crippen LogP contribution >= 0.6 is 16.1 Å². The third kappa shape index (κ3) is 1.21. The summed E-state index contributed by atoms with van der Waals surface area (Å²) in [6, 6.07) is 5.70. The molecule has 4 heteroatoms. The highest BCUT2D eigenvalue weighted by Gasteiger charge is 2.13. The van der Waals surface area contributed by atoms with E-state index < -0.39 is 0 Å². The highest BCUT2D eigenvalue weighted by atomic mass is 79.9. The zero-order valence-corrected chi connectivity index (χ0v) is 8.78. The number of aryl methyl sites for hydroxylation is 1. The van der Waals surface area contributed by atoms with E-state index in [9.17, 15) is 5.21 Å². The zero-order valence-electron chi connectivity index (χ0n) is 7.20. The summed E-state index contributed by atoms with van der Waals surface area (Å²) in [7, 11) is 0. The molecule has 2 aromatic rings. The van der Waals surface area contributed by atoms with Crippen molar-refractivity contribution in [3.05, 3.63) is 35.3 Å². The predicted octanol–water partition coefficient (Wildman–Crippen LogP) is 2.00. The molecule has 2 heterocycles. The quantitative estimate of drug-likeness (QED) is 0.555. The Hall–Kier alpha value is -1.03. The van der Waals surface area contributed by atoms with Gasteiger partial charge in [-0.05, 0) is 18.2 Å². The first-order valence-electron chi connectivity index (χ1n) is 4.12. The van der Waals surface area contributed by atoms with Crippen molar-refractivity contribution in [3.8, 4) is 0 Å². The SMILES string of the molecule is CCc1cc2ccc[n+]([O-])c2n1Br. The fourth-order valence-corrected chi connectivity index (χ4v) is 2.14. The molecule has 0 N–H and O–H groups in total. The summed E-state index contributed by atoms with van der Waals surface area (Å²) in [5.74, 6) is 0. The first-order valence-corrected chi connectivity index (χ1v) is 4.83. The van der Waals surface area contributed by atoms with Crippen LogP contribution in [0.4, 0.5) is 0 Å². The Morgan fingerprint density at radius 1 is 1.62 bits per heavy atom. The Kier molecular flexibility index (Phi) is 2.00. The van der Waals surface area contributed by atoms with Crippen LogP contribution in [-0.2, 0) is 6.42 Å². The molecule has 2 rings (SSSR count). The smallest absolute Gasteiger partial charge is 0.302 e. The number of aromatic nitrogens is 2. The van der Waals surface area contributed by atoms with E-state index >= 15 is 0 Å². The number of hydrogen-bond acceptors (Lipinski definition) is 1. The number of halogens is 1. The summed E-state index contributed by atoms with van der Waals surface area (Å²) in [5, 5.41) is 12.4. The van der Waals surface area contributed by atoms with Gasteiger partial charge in [-0.1, -0.05) is 6.92 Å². The van der Waals surface area contributed by atoms with Gasteiger partial charge in [-0.3, -0.25) is 0 Å². The monoisotopic (exact) mass is 240 g/mol. The van der Waals surface area contributed by atoms with Crippen molar-refractivity contribution in [3.63, 3.8) is 0 Å². The predicted molar refractivity (Wildman–Crippen MR) is 54.6 cm³/mol. The lowest BCUT2D eigenvalue weighted by molar-refractivity contribution is -0.579. The van der Waals surface area contributed by atoms with E-state index in [-0.39, 0.29) is 0 Å². The normalized spacial score (nSPS) is 10.9. The highest BCUT2D eigenvalue weighted by Crippen LogP contribution is 2.18. The Morgan fingerprint density at radius 2 is 2.38 bits per heavy atom. The van der Waals surface area contributed by atoms with Gasteiger partial charge in [0, 0.05) is 6.42 Å². The molecule has 0 aromatic carbocycles. The lowest BCUT2D eigenvalue weighted by Gasteiger charge is -2.01. The summed E-state index contributed by atoms with van der Waals surface area (Å²) < 4.78 is 2.62. The van der Waals surface area contributed by atoms with Gasteiger partial charge in [-0.15, -0.1) is 0 Å². The molecule has 0 saturated heterocycles. The van der Waals surface area contributed by atoms with Crippen LogP contribution in [0, 0.1) is 5.21 Å². The molecular weight excluding hydrogens is 232 g/mol. The van der Waals surface area contributed by atoms with Gasteiger partial charge in [0.25, 0.3) is 0 Å². The second kappa shape index (κ2) is 3.03. The topological polar surface area (TPSA) is 31.9 Å². The van der Waals surface area contributed by atoms with Crippen LogP contribution in [0.5, 0.6) is 0 Å². The van der Waals surface area contributed by atoms with E-state index in [2.05, 4.69) is 23.1 Å². The summed E-state index contributed by atoms with van der Waals surface area (Å²) in [4.78, 5) is 0. The number of pyridine rings is 1. The molecule has 0 radical (unpaired) electrons. The number of hydrogen-bond donors (Lipinski definition) is 0. The molecular formula is C9H9BrN2O. The lowest BCUT2D eigenvalue weighted by atomic mass is 10.3. The molecule has 0 fully saturated rings. The van der Waals surface area contributed by atoms with Crippen molar-refractivity contribution in [2.24, 2.45) is 0 Å². The van der Waals surface area contributed by atoms with E-state index in [0.29, 0.717) is 5.65 Å². The van der Waals surface area contributed by atoms with Crippen LogP contribution in [0.1, 0.15) is 12.6 Å². The van der Waals surface area contributed by atoms with Crippen LogP contribution in [0.2, 0.25) is 0 Å². The van der Waals surface area contributed by atoms with Crippen molar-refractivity contribution in [2.75, 3.05) is 0 Å². The van der Waals surface area contributed by atoms with Gasteiger partial charge in [0.15, 0.2) is 16.1 Å². The average molecular weight is 241 g/mol. The first kappa shape index (κ1) is 8.56. The lowest BCUT2D eigenvalue weighted by Crippen LogP contribution is -2.27. The molecule has 0 aliphatic carbocycles. The molecule has 0 amide bonds. The maximum Gasteiger partial charge on any atom is 0.302 e. The van der Waals surface area contributed by atoms with Crippen LogP contribution < -0.4 is 4.73 Å². The van der Waals surface area contributed by atoms with Crippen LogP contribution in [0.3, 0.4) is 0 Å². The number of fused-ring (bicyclic) bond motifs is 1. The van der Waals surface area contributed by atoms with Gasteiger partial charge < -0.3 is 5.21 Å². The minimum atomic E-state index is 0.652. The Balaban J connectivity index is 2.85. The molecule has 0 aliphatic rings. The molecule has 0 unspecified atom stereocenters. The van der Waals surface area contributed by atoms with Gasteiger partial charge in [-0.25, -0.2) is 4.73 Å². The first-order chi connectivity index (χ1) is 6.24. The molecule has 13 heavy (non-hydrogen) atoms. The van der Waals surface area contributed by atoms with Crippen molar-refractivity contribution < 1.29 is 4.73 Å². The molecule has 0 bridgehead atoms. The van der Waals surface area contributed by atoms with E-state index in [4.69, 9.17) is 0 Å². The molecule has 2 aromatic heterocycles. The number of rotatable bonds is 1. The molecule has 0 aliphatic heterocycles. The second-order valence-electron chi connectivity index (χ2n) is 2.88. The Bertz CT molecular complexity index is 450.